The molecule has 2 aromatic carbocycles. The van der Waals surface area contributed by atoms with E-state index in [9.17, 15) is 4.79 Å². The van der Waals surface area contributed by atoms with Crippen molar-refractivity contribution >= 4 is 35.0 Å². The van der Waals surface area contributed by atoms with E-state index in [1.165, 1.54) is 11.8 Å². The minimum absolute atomic E-state index is 0.106. The molecule has 0 bridgehead atoms. The fourth-order valence-corrected chi connectivity index (χ4v) is 3.47. The fraction of sp³-hybridized carbons (Fsp3) is 0.250. The molecule has 28 heavy (non-hydrogen) atoms. The van der Waals surface area contributed by atoms with Crippen LogP contribution in [0, 0.1) is 0 Å². The van der Waals surface area contributed by atoms with Crippen LogP contribution in [0.25, 0.3) is 11.4 Å². The second kappa shape index (κ2) is 9.12. The number of amides is 1. The van der Waals surface area contributed by atoms with E-state index in [1.807, 2.05) is 74.0 Å². The highest BCUT2D eigenvalue weighted by atomic mass is 35.5. The van der Waals surface area contributed by atoms with Crippen molar-refractivity contribution in [2.24, 2.45) is 7.05 Å². The highest BCUT2D eigenvalue weighted by Gasteiger charge is 2.19. The van der Waals surface area contributed by atoms with E-state index in [1.54, 1.807) is 0 Å². The highest BCUT2D eigenvalue weighted by molar-refractivity contribution is 8.00. The normalized spacial score (nSPS) is 11.9. The number of halogens is 1. The number of hydrogen-bond acceptors (Lipinski definition) is 5. The van der Waals surface area contributed by atoms with Gasteiger partial charge in [0.15, 0.2) is 11.0 Å². The lowest BCUT2D eigenvalue weighted by Gasteiger charge is -2.12. The van der Waals surface area contributed by atoms with Gasteiger partial charge in [0, 0.05) is 23.3 Å². The van der Waals surface area contributed by atoms with Crippen molar-refractivity contribution < 1.29 is 9.53 Å². The molecule has 6 nitrogen and oxygen atoms in total. The summed E-state index contributed by atoms with van der Waals surface area (Å²) in [5.41, 5.74) is 1.64. The number of anilines is 1. The second-order valence-corrected chi connectivity index (χ2v) is 7.82. The summed E-state index contributed by atoms with van der Waals surface area (Å²) in [6.07, 6.45) is 0. The van der Waals surface area contributed by atoms with Gasteiger partial charge in [-0.25, -0.2) is 0 Å². The smallest absolute Gasteiger partial charge is 0.237 e. The predicted octanol–water partition coefficient (Wildman–Crippen LogP) is 4.65. The largest absolute Gasteiger partial charge is 0.494 e. The zero-order valence-corrected chi connectivity index (χ0v) is 17.4. The molecule has 1 aromatic heterocycles. The van der Waals surface area contributed by atoms with Crippen LogP contribution in [0.3, 0.4) is 0 Å². The number of aromatic nitrogens is 3. The van der Waals surface area contributed by atoms with Gasteiger partial charge in [0.25, 0.3) is 0 Å². The minimum Gasteiger partial charge on any atom is -0.494 e. The number of hydrogen-bond donors (Lipinski definition) is 1. The van der Waals surface area contributed by atoms with Crippen molar-refractivity contribution in [2.75, 3.05) is 11.9 Å². The van der Waals surface area contributed by atoms with Crippen LogP contribution in [-0.4, -0.2) is 32.5 Å². The number of nitrogens with one attached hydrogen (secondary N) is 1. The Bertz CT molecular complexity index is 942. The molecule has 1 heterocycles. The summed E-state index contributed by atoms with van der Waals surface area (Å²) >= 11 is 7.29. The molecule has 0 saturated carbocycles. The van der Waals surface area contributed by atoms with Gasteiger partial charge in [-0.1, -0.05) is 23.4 Å². The van der Waals surface area contributed by atoms with Crippen molar-refractivity contribution in [2.45, 2.75) is 24.3 Å². The number of carbonyl (C=O) groups excluding carboxylic acids is 1. The van der Waals surface area contributed by atoms with Gasteiger partial charge in [0.2, 0.25) is 5.91 Å². The predicted molar refractivity (Wildman–Crippen MR) is 113 cm³/mol. The van der Waals surface area contributed by atoms with Gasteiger partial charge in [-0.3, -0.25) is 4.79 Å². The molecule has 0 unspecified atom stereocenters. The number of rotatable bonds is 7. The van der Waals surface area contributed by atoms with Crippen molar-refractivity contribution in [1.29, 1.82) is 0 Å². The SMILES string of the molecule is CCOc1ccc(NC(=O)[C@H](C)Sc2nnc(-c3ccc(Cl)cc3)n2C)cc1. The van der Waals surface area contributed by atoms with E-state index in [-0.39, 0.29) is 11.2 Å². The standard InChI is InChI=1S/C20H21ClN4O2S/c1-4-27-17-11-9-16(10-12-17)22-19(26)13(2)28-20-24-23-18(25(20)3)14-5-7-15(21)8-6-14/h5-13H,4H2,1-3H3,(H,22,26)/t13-/m0/s1. The molecule has 1 amide bonds. The number of nitrogens with zero attached hydrogens (tertiary/aromatic N) is 3. The Balaban J connectivity index is 1.64. The summed E-state index contributed by atoms with van der Waals surface area (Å²) in [5.74, 6) is 1.39. The Morgan fingerprint density at radius 3 is 2.50 bits per heavy atom. The molecule has 0 aliphatic rings. The Kier molecular flexibility index (Phi) is 6.59. The van der Waals surface area contributed by atoms with Gasteiger partial charge in [-0.05, 0) is 62.4 Å². The zero-order valence-electron chi connectivity index (χ0n) is 15.8. The van der Waals surface area contributed by atoms with Crippen LogP contribution in [0.4, 0.5) is 5.69 Å². The third-order valence-electron chi connectivity index (χ3n) is 4.02. The summed E-state index contributed by atoms with van der Waals surface area (Å²) < 4.78 is 7.28. The lowest BCUT2D eigenvalue weighted by Crippen LogP contribution is -2.22. The molecular formula is C20H21ClN4O2S. The molecule has 1 atom stereocenters. The Hall–Kier alpha value is -2.51. The van der Waals surface area contributed by atoms with Crippen LogP contribution < -0.4 is 10.1 Å². The summed E-state index contributed by atoms with van der Waals surface area (Å²) in [6.45, 7) is 4.37. The van der Waals surface area contributed by atoms with E-state index in [0.717, 1.165) is 22.8 Å². The summed E-state index contributed by atoms with van der Waals surface area (Å²) in [4.78, 5) is 12.5. The van der Waals surface area contributed by atoms with Crippen LogP contribution in [-0.2, 0) is 11.8 Å². The molecule has 0 aliphatic carbocycles. The van der Waals surface area contributed by atoms with Gasteiger partial charge < -0.3 is 14.6 Å². The van der Waals surface area contributed by atoms with Crippen molar-refractivity contribution in [3.8, 4) is 17.1 Å². The monoisotopic (exact) mass is 416 g/mol. The third-order valence-corrected chi connectivity index (χ3v) is 5.41. The first-order valence-electron chi connectivity index (χ1n) is 8.83. The number of benzene rings is 2. The maximum atomic E-state index is 12.5. The fourth-order valence-electron chi connectivity index (χ4n) is 2.52. The van der Waals surface area contributed by atoms with E-state index < -0.39 is 0 Å². The van der Waals surface area contributed by atoms with Gasteiger partial charge in [-0.2, -0.15) is 0 Å². The maximum absolute atomic E-state index is 12.5. The Morgan fingerprint density at radius 2 is 1.86 bits per heavy atom. The summed E-state index contributed by atoms with van der Waals surface area (Å²) in [5, 5.41) is 12.4. The van der Waals surface area contributed by atoms with E-state index in [0.29, 0.717) is 16.8 Å². The number of thioether (sulfide) groups is 1. The molecular weight excluding hydrogens is 396 g/mol. The molecule has 3 rings (SSSR count). The average molecular weight is 417 g/mol. The molecule has 0 saturated heterocycles. The average Bonchev–Trinajstić information content (AvgIpc) is 3.04. The first-order chi connectivity index (χ1) is 13.5. The molecule has 0 spiro atoms. The first kappa shape index (κ1) is 20.2. The topological polar surface area (TPSA) is 69.0 Å². The molecule has 146 valence electrons. The number of ether oxygens (including phenoxy) is 1. The van der Waals surface area contributed by atoms with Gasteiger partial charge >= 0.3 is 0 Å². The minimum atomic E-state index is -0.340. The van der Waals surface area contributed by atoms with Crippen LogP contribution in [0.2, 0.25) is 5.02 Å². The van der Waals surface area contributed by atoms with Gasteiger partial charge in [0.05, 0.1) is 11.9 Å². The van der Waals surface area contributed by atoms with Gasteiger partial charge in [-0.15, -0.1) is 10.2 Å². The third kappa shape index (κ3) is 4.85. The molecule has 0 radical (unpaired) electrons. The zero-order chi connectivity index (χ0) is 20.1. The van der Waals surface area contributed by atoms with Crippen LogP contribution >= 0.6 is 23.4 Å². The van der Waals surface area contributed by atoms with Gasteiger partial charge in [0.1, 0.15) is 5.75 Å². The van der Waals surface area contributed by atoms with Crippen molar-refractivity contribution in [1.82, 2.24) is 14.8 Å². The molecule has 3 aromatic rings. The van der Waals surface area contributed by atoms with E-state index >= 15 is 0 Å². The summed E-state index contributed by atoms with van der Waals surface area (Å²) in [7, 11) is 1.88. The molecule has 8 heteroatoms. The van der Waals surface area contributed by atoms with Crippen molar-refractivity contribution in [3.63, 3.8) is 0 Å². The molecule has 0 aliphatic heterocycles. The van der Waals surface area contributed by atoms with Crippen LogP contribution in [0.15, 0.2) is 53.7 Å². The van der Waals surface area contributed by atoms with Crippen LogP contribution in [0.5, 0.6) is 5.75 Å². The van der Waals surface area contributed by atoms with E-state index in [2.05, 4.69) is 15.5 Å². The Labute approximate surface area is 173 Å². The Morgan fingerprint density at radius 1 is 1.18 bits per heavy atom. The quantitative estimate of drug-likeness (QED) is 0.567. The molecule has 1 N–H and O–H groups in total. The highest BCUT2D eigenvalue weighted by Crippen LogP contribution is 2.27. The summed E-state index contributed by atoms with van der Waals surface area (Å²) in [6, 6.07) is 14.7. The lowest BCUT2D eigenvalue weighted by atomic mass is 10.2. The van der Waals surface area contributed by atoms with Crippen LogP contribution in [0.1, 0.15) is 13.8 Å². The van der Waals surface area contributed by atoms with E-state index in [4.69, 9.17) is 16.3 Å². The second-order valence-electron chi connectivity index (χ2n) is 6.08. The lowest BCUT2D eigenvalue weighted by molar-refractivity contribution is -0.115. The first-order valence-corrected chi connectivity index (χ1v) is 10.1. The maximum Gasteiger partial charge on any atom is 0.237 e. The molecule has 0 fully saturated rings. The van der Waals surface area contributed by atoms with Crippen molar-refractivity contribution in [3.05, 3.63) is 53.6 Å². The number of carbonyl (C=O) groups is 1.